The van der Waals surface area contributed by atoms with Gasteiger partial charge in [0.25, 0.3) is 6.02 Å². The fraction of sp³-hybridized carbons (Fsp3) is 0.353. The van der Waals surface area contributed by atoms with Gasteiger partial charge in [-0.05, 0) is 34.7 Å². The number of hydrogen-bond donors (Lipinski definition) is 1. The van der Waals surface area contributed by atoms with E-state index in [0.29, 0.717) is 18.5 Å². The zero-order valence-electron chi connectivity index (χ0n) is 12.9. The van der Waals surface area contributed by atoms with Crippen LogP contribution >= 0.6 is 0 Å². The van der Waals surface area contributed by atoms with Crippen molar-refractivity contribution in [2.45, 2.75) is 24.8 Å². The second-order valence-electron chi connectivity index (χ2n) is 5.94. The van der Waals surface area contributed by atoms with Crippen LogP contribution in [0.15, 0.2) is 34.4 Å². The quantitative estimate of drug-likeness (QED) is 0.760. The number of rotatable bonds is 1. The zero-order chi connectivity index (χ0) is 15.9. The van der Waals surface area contributed by atoms with Crippen molar-refractivity contribution in [1.82, 2.24) is 4.67 Å². The van der Waals surface area contributed by atoms with E-state index >= 15 is 0 Å². The van der Waals surface area contributed by atoms with Gasteiger partial charge in [0.1, 0.15) is 12.1 Å². The standard InChI is InChI=1S/C17H17N4O2/c1-22-15-14(19-7-8-20-15)13-4-2-3-11-9-17(6-5-12(11)13)10-23-16(18)21-17/h2-4,8H,5-6,9-10H2,1H3,(H2,18,21)/q+1. The number of aliphatic imine (C=N–C) groups is 2. The van der Waals surface area contributed by atoms with E-state index in [2.05, 4.69) is 32.7 Å². The van der Waals surface area contributed by atoms with Gasteiger partial charge in [0.15, 0.2) is 6.20 Å². The van der Waals surface area contributed by atoms with Gasteiger partial charge in [0.05, 0.1) is 12.7 Å². The van der Waals surface area contributed by atoms with Gasteiger partial charge in [-0.15, -0.1) is 0 Å². The molecule has 3 aliphatic rings. The number of nitrogens with two attached hydrogens (primary N) is 1. The van der Waals surface area contributed by atoms with E-state index in [0.717, 1.165) is 30.5 Å². The van der Waals surface area contributed by atoms with E-state index in [1.165, 1.54) is 17.3 Å². The highest BCUT2D eigenvalue weighted by molar-refractivity contribution is 6.46. The first-order valence-electron chi connectivity index (χ1n) is 7.57. The maximum Gasteiger partial charge on any atom is 0.409 e. The molecule has 4 rings (SSSR count). The van der Waals surface area contributed by atoms with E-state index in [4.69, 9.17) is 15.2 Å². The smallest absolute Gasteiger partial charge is 0.409 e. The first kappa shape index (κ1) is 13.8. The number of ether oxygens (including phenoxy) is 2. The SMILES string of the molecule is COC1=NC=C=[N+]=C1c1cccc2c1CCC1(COC(N)=N1)C2. The fourth-order valence-electron chi connectivity index (χ4n) is 3.46. The van der Waals surface area contributed by atoms with E-state index in [1.54, 1.807) is 7.11 Å². The van der Waals surface area contributed by atoms with Crippen molar-refractivity contribution >= 4 is 23.5 Å². The highest BCUT2D eigenvalue weighted by Crippen LogP contribution is 2.36. The average Bonchev–Trinajstić information content (AvgIpc) is 2.94. The Morgan fingerprint density at radius 2 is 2.35 bits per heavy atom. The molecule has 1 atom stereocenters. The lowest BCUT2D eigenvalue weighted by Crippen LogP contribution is -2.36. The lowest BCUT2D eigenvalue weighted by molar-refractivity contribution is 0.235. The molecule has 0 radical (unpaired) electrons. The Balaban J connectivity index is 1.77. The minimum Gasteiger partial charge on any atom is -0.475 e. The summed E-state index contributed by atoms with van der Waals surface area (Å²) in [6.07, 6.45) is 4.14. The molecule has 0 saturated carbocycles. The molecule has 2 aliphatic heterocycles. The van der Waals surface area contributed by atoms with Gasteiger partial charge in [-0.2, -0.15) is 4.99 Å². The average molecular weight is 309 g/mol. The fourth-order valence-corrected chi connectivity index (χ4v) is 3.46. The van der Waals surface area contributed by atoms with Crippen LogP contribution in [0.2, 0.25) is 0 Å². The maximum absolute atomic E-state index is 5.71. The lowest BCUT2D eigenvalue weighted by Gasteiger charge is -2.30. The minimum atomic E-state index is -0.214. The Kier molecular flexibility index (Phi) is 3.08. The molecule has 0 bridgehead atoms. The molecular weight excluding hydrogens is 292 g/mol. The topological polar surface area (TPSA) is 83.3 Å². The second-order valence-corrected chi connectivity index (χ2v) is 5.94. The number of methoxy groups -OCH3 is 1. The number of amidine groups is 1. The van der Waals surface area contributed by atoms with E-state index in [1.807, 2.05) is 6.07 Å². The Morgan fingerprint density at radius 1 is 1.43 bits per heavy atom. The van der Waals surface area contributed by atoms with Crippen LogP contribution in [0, 0.1) is 0 Å². The summed E-state index contributed by atoms with van der Waals surface area (Å²) in [7, 11) is 1.60. The van der Waals surface area contributed by atoms with Gasteiger partial charge in [-0.3, -0.25) is 0 Å². The Hall–Kier alpha value is -2.81. The van der Waals surface area contributed by atoms with Crippen LogP contribution in [0.1, 0.15) is 23.1 Å². The summed E-state index contributed by atoms with van der Waals surface area (Å²) in [5.41, 5.74) is 9.80. The van der Waals surface area contributed by atoms with E-state index in [9.17, 15) is 0 Å². The lowest BCUT2D eigenvalue weighted by atomic mass is 9.77. The van der Waals surface area contributed by atoms with Gasteiger partial charge in [0.2, 0.25) is 0 Å². The number of hydrogen-bond acceptors (Lipinski definition) is 5. The molecule has 0 fully saturated rings. The summed E-state index contributed by atoms with van der Waals surface area (Å²) < 4.78 is 15.1. The molecule has 23 heavy (non-hydrogen) atoms. The van der Waals surface area contributed by atoms with Crippen LogP contribution in [0.4, 0.5) is 0 Å². The van der Waals surface area contributed by atoms with Crippen molar-refractivity contribution in [2.24, 2.45) is 15.7 Å². The van der Waals surface area contributed by atoms with Crippen LogP contribution in [0.25, 0.3) is 0 Å². The van der Waals surface area contributed by atoms with Crippen molar-refractivity contribution in [3.63, 3.8) is 0 Å². The Bertz CT molecular complexity index is 842. The van der Waals surface area contributed by atoms with Gasteiger partial charge >= 0.3 is 17.5 Å². The van der Waals surface area contributed by atoms with Crippen molar-refractivity contribution < 1.29 is 9.47 Å². The van der Waals surface area contributed by atoms with Gasteiger partial charge in [-0.1, -0.05) is 12.1 Å². The Labute approximate surface area is 133 Å². The third kappa shape index (κ3) is 2.25. The summed E-state index contributed by atoms with van der Waals surface area (Å²) in [5, 5.41) is 0. The molecule has 1 spiro atoms. The zero-order valence-corrected chi connectivity index (χ0v) is 12.9. The molecule has 2 N–H and O–H groups in total. The highest BCUT2D eigenvalue weighted by atomic mass is 16.5. The largest absolute Gasteiger partial charge is 0.475 e. The normalized spacial score (nSPS) is 24.7. The van der Waals surface area contributed by atoms with Crippen LogP contribution in [-0.2, 0) is 22.3 Å². The van der Waals surface area contributed by atoms with Crippen molar-refractivity contribution in [3.05, 3.63) is 41.1 Å². The van der Waals surface area contributed by atoms with Gasteiger partial charge < -0.3 is 15.2 Å². The second kappa shape index (κ2) is 5.13. The Morgan fingerprint density at radius 3 is 3.13 bits per heavy atom. The number of nitrogens with zero attached hydrogens (tertiary/aromatic N) is 3. The summed E-state index contributed by atoms with van der Waals surface area (Å²) in [6.45, 7) is 0.560. The molecular formula is C17H17N4O2+. The van der Waals surface area contributed by atoms with Gasteiger partial charge in [0, 0.05) is 6.42 Å². The van der Waals surface area contributed by atoms with E-state index in [-0.39, 0.29) is 5.54 Å². The molecule has 6 nitrogen and oxygen atoms in total. The molecule has 2 heterocycles. The third-order valence-corrected chi connectivity index (χ3v) is 4.54. The molecule has 1 aromatic rings. The maximum atomic E-state index is 5.71. The summed E-state index contributed by atoms with van der Waals surface area (Å²) in [6, 6.07) is 6.52. The van der Waals surface area contributed by atoms with Crippen molar-refractivity contribution in [3.8, 4) is 0 Å². The number of benzene rings is 1. The molecule has 1 aromatic carbocycles. The summed E-state index contributed by atoms with van der Waals surface area (Å²) in [5.74, 6) is 3.31. The van der Waals surface area contributed by atoms with Crippen molar-refractivity contribution in [1.29, 1.82) is 0 Å². The molecule has 116 valence electrons. The first-order valence-corrected chi connectivity index (χ1v) is 7.57. The third-order valence-electron chi connectivity index (χ3n) is 4.54. The molecule has 0 saturated heterocycles. The van der Waals surface area contributed by atoms with Crippen molar-refractivity contribution in [2.75, 3.05) is 13.7 Å². The van der Waals surface area contributed by atoms with Crippen LogP contribution in [0.3, 0.4) is 0 Å². The summed E-state index contributed by atoms with van der Waals surface area (Å²) in [4.78, 5) is 8.73. The molecule has 0 aromatic heterocycles. The van der Waals surface area contributed by atoms with Crippen LogP contribution < -0.4 is 10.4 Å². The van der Waals surface area contributed by atoms with E-state index < -0.39 is 0 Å². The highest BCUT2D eigenvalue weighted by Gasteiger charge is 2.41. The minimum absolute atomic E-state index is 0.214. The molecule has 0 amide bonds. The number of fused-ring (bicyclic) bond motifs is 1. The predicted octanol–water partition coefficient (Wildman–Crippen LogP) is 0.357. The molecule has 6 heteroatoms. The monoisotopic (exact) mass is 309 g/mol. The molecule has 1 unspecified atom stereocenters. The summed E-state index contributed by atoms with van der Waals surface area (Å²) >= 11 is 0. The predicted molar refractivity (Wildman–Crippen MR) is 89.0 cm³/mol. The first-order chi connectivity index (χ1) is 11.2. The van der Waals surface area contributed by atoms with Gasteiger partial charge in [-0.25, -0.2) is 4.99 Å². The van der Waals surface area contributed by atoms with Crippen LogP contribution in [-0.4, -0.2) is 42.8 Å². The van der Waals surface area contributed by atoms with Crippen LogP contribution in [0.5, 0.6) is 0 Å². The molecule has 1 aliphatic carbocycles.